The second kappa shape index (κ2) is 5.13. The lowest BCUT2D eigenvalue weighted by molar-refractivity contribution is 0.0983. The molecule has 16 heavy (non-hydrogen) atoms. The van der Waals surface area contributed by atoms with E-state index in [9.17, 15) is 4.39 Å². The molecule has 88 valence electrons. The van der Waals surface area contributed by atoms with Crippen molar-refractivity contribution in [3.8, 4) is 0 Å². The van der Waals surface area contributed by atoms with Crippen molar-refractivity contribution in [1.82, 2.24) is 0 Å². The van der Waals surface area contributed by atoms with Crippen LogP contribution in [0, 0.1) is 5.82 Å². The molecule has 2 rings (SSSR count). The van der Waals surface area contributed by atoms with Crippen LogP contribution in [0.1, 0.15) is 30.9 Å². The second-order valence-corrected chi connectivity index (χ2v) is 4.56. The lowest BCUT2D eigenvalue weighted by Crippen LogP contribution is -2.18. The Labute approximate surface area is 99.5 Å². The summed E-state index contributed by atoms with van der Waals surface area (Å²) in [5.41, 5.74) is 6.90. The molecular weight excluding hydrogens is 229 g/mol. The van der Waals surface area contributed by atoms with Gasteiger partial charge in [0, 0.05) is 12.6 Å². The molecule has 1 fully saturated rings. The Kier molecular flexibility index (Phi) is 3.79. The van der Waals surface area contributed by atoms with Crippen molar-refractivity contribution in [2.24, 2.45) is 5.73 Å². The number of rotatable bonds is 3. The third-order valence-electron chi connectivity index (χ3n) is 2.91. The Hall–Kier alpha value is -0.640. The van der Waals surface area contributed by atoms with E-state index in [2.05, 4.69) is 0 Å². The van der Waals surface area contributed by atoms with Crippen molar-refractivity contribution < 1.29 is 9.13 Å². The van der Waals surface area contributed by atoms with Crippen molar-refractivity contribution in [2.75, 3.05) is 6.61 Å². The monoisotopic (exact) mass is 243 g/mol. The molecule has 0 bridgehead atoms. The van der Waals surface area contributed by atoms with Gasteiger partial charge in [0.25, 0.3) is 0 Å². The van der Waals surface area contributed by atoms with Crippen LogP contribution in [0.5, 0.6) is 0 Å². The van der Waals surface area contributed by atoms with Gasteiger partial charge in [0.05, 0.1) is 11.1 Å². The van der Waals surface area contributed by atoms with E-state index in [4.69, 9.17) is 22.1 Å². The highest BCUT2D eigenvalue weighted by Crippen LogP contribution is 2.26. The number of ether oxygens (including phenoxy) is 1. The zero-order valence-corrected chi connectivity index (χ0v) is 9.71. The van der Waals surface area contributed by atoms with E-state index in [0.29, 0.717) is 0 Å². The van der Waals surface area contributed by atoms with E-state index in [-0.39, 0.29) is 17.2 Å². The number of benzene rings is 1. The molecule has 0 spiro atoms. The Morgan fingerprint density at radius 1 is 1.56 bits per heavy atom. The van der Waals surface area contributed by atoms with Crippen LogP contribution < -0.4 is 5.73 Å². The van der Waals surface area contributed by atoms with Crippen LogP contribution in [0.3, 0.4) is 0 Å². The predicted molar refractivity (Wildman–Crippen MR) is 61.9 cm³/mol. The van der Waals surface area contributed by atoms with Gasteiger partial charge >= 0.3 is 0 Å². The van der Waals surface area contributed by atoms with Gasteiger partial charge < -0.3 is 10.5 Å². The number of nitrogens with two attached hydrogens (primary N) is 1. The molecule has 2 nitrogen and oxygen atoms in total. The molecule has 0 aromatic heterocycles. The van der Waals surface area contributed by atoms with Crippen LogP contribution in [-0.4, -0.2) is 12.7 Å². The van der Waals surface area contributed by atoms with Crippen LogP contribution in [-0.2, 0) is 4.74 Å². The summed E-state index contributed by atoms with van der Waals surface area (Å²) >= 11 is 5.71. The second-order valence-electron chi connectivity index (χ2n) is 4.15. The molecule has 2 atom stereocenters. The molecule has 1 aromatic rings. The van der Waals surface area contributed by atoms with Crippen LogP contribution in [0.25, 0.3) is 0 Å². The van der Waals surface area contributed by atoms with Crippen molar-refractivity contribution in [3.63, 3.8) is 0 Å². The summed E-state index contributed by atoms with van der Waals surface area (Å²) < 4.78 is 18.5. The fourth-order valence-corrected chi connectivity index (χ4v) is 2.18. The minimum atomic E-state index is -0.408. The smallest absolute Gasteiger partial charge is 0.141 e. The van der Waals surface area contributed by atoms with Crippen molar-refractivity contribution in [2.45, 2.75) is 31.4 Å². The van der Waals surface area contributed by atoms with Crippen LogP contribution in [0.2, 0.25) is 5.02 Å². The van der Waals surface area contributed by atoms with Gasteiger partial charge in [0.1, 0.15) is 5.82 Å². The quantitative estimate of drug-likeness (QED) is 0.886. The molecule has 1 saturated heterocycles. The first-order valence-corrected chi connectivity index (χ1v) is 5.87. The van der Waals surface area contributed by atoms with Gasteiger partial charge in [0.15, 0.2) is 0 Å². The molecule has 0 amide bonds. The van der Waals surface area contributed by atoms with Crippen LogP contribution in [0.4, 0.5) is 4.39 Å². The van der Waals surface area contributed by atoms with Gasteiger partial charge in [-0.1, -0.05) is 17.7 Å². The number of halogens is 2. The van der Waals surface area contributed by atoms with E-state index in [1.807, 2.05) is 0 Å². The van der Waals surface area contributed by atoms with Gasteiger partial charge in [-0.25, -0.2) is 4.39 Å². The largest absolute Gasteiger partial charge is 0.378 e. The molecule has 2 N–H and O–H groups in total. The highest BCUT2D eigenvalue weighted by atomic mass is 35.5. The molecule has 1 heterocycles. The maximum Gasteiger partial charge on any atom is 0.141 e. The summed E-state index contributed by atoms with van der Waals surface area (Å²) in [6.45, 7) is 0.821. The molecular formula is C12H15ClFNO. The highest BCUT2D eigenvalue weighted by molar-refractivity contribution is 6.30. The summed E-state index contributed by atoms with van der Waals surface area (Å²) in [6, 6.07) is 4.49. The van der Waals surface area contributed by atoms with Crippen LogP contribution >= 0.6 is 11.6 Å². The van der Waals surface area contributed by atoms with E-state index < -0.39 is 5.82 Å². The molecule has 1 aliphatic heterocycles. The summed E-state index contributed by atoms with van der Waals surface area (Å²) in [6.07, 6.45) is 3.16. The molecule has 1 aliphatic rings. The Bertz CT molecular complexity index is 366. The predicted octanol–water partition coefficient (Wildman–Crippen LogP) is 3.05. The maximum absolute atomic E-state index is 13.0. The van der Waals surface area contributed by atoms with E-state index >= 15 is 0 Å². The number of hydrogen-bond donors (Lipinski definition) is 1. The third-order valence-corrected chi connectivity index (χ3v) is 3.20. The average Bonchev–Trinajstić information content (AvgIpc) is 2.74. The normalized spacial score (nSPS) is 22.3. The van der Waals surface area contributed by atoms with Crippen molar-refractivity contribution >= 4 is 11.6 Å². The first-order chi connectivity index (χ1) is 7.66. The van der Waals surface area contributed by atoms with Crippen LogP contribution in [0.15, 0.2) is 18.2 Å². The van der Waals surface area contributed by atoms with E-state index in [0.717, 1.165) is 31.4 Å². The van der Waals surface area contributed by atoms with Crippen molar-refractivity contribution in [1.29, 1.82) is 0 Å². The fraction of sp³-hybridized carbons (Fsp3) is 0.500. The zero-order chi connectivity index (χ0) is 11.5. The summed E-state index contributed by atoms with van der Waals surface area (Å²) in [7, 11) is 0. The Balaban J connectivity index is 2.02. The molecule has 0 aliphatic carbocycles. The summed E-state index contributed by atoms with van der Waals surface area (Å²) in [4.78, 5) is 0. The average molecular weight is 244 g/mol. The van der Waals surface area contributed by atoms with Gasteiger partial charge in [-0.3, -0.25) is 0 Å². The first-order valence-electron chi connectivity index (χ1n) is 5.49. The number of hydrogen-bond acceptors (Lipinski definition) is 2. The summed E-state index contributed by atoms with van der Waals surface area (Å²) in [5, 5.41) is 0.125. The van der Waals surface area contributed by atoms with Crippen molar-refractivity contribution in [3.05, 3.63) is 34.6 Å². The zero-order valence-electron chi connectivity index (χ0n) is 8.96. The van der Waals surface area contributed by atoms with Gasteiger partial charge in [-0.05, 0) is 37.0 Å². The van der Waals surface area contributed by atoms with Gasteiger partial charge in [-0.15, -0.1) is 0 Å². The Morgan fingerprint density at radius 2 is 2.38 bits per heavy atom. The topological polar surface area (TPSA) is 35.2 Å². The highest BCUT2D eigenvalue weighted by Gasteiger charge is 2.20. The molecule has 4 heteroatoms. The molecule has 1 aromatic carbocycles. The lowest BCUT2D eigenvalue weighted by Gasteiger charge is -2.16. The van der Waals surface area contributed by atoms with E-state index in [1.165, 1.54) is 6.07 Å². The van der Waals surface area contributed by atoms with Gasteiger partial charge in [-0.2, -0.15) is 0 Å². The molecule has 2 unspecified atom stereocenters. The maximum atomic E-state index is 13.0. The lowest BCUT2D eigenvalue weighted by atomic mass is 10.0. The Morgan fingerprint density at radius 3 is 3.00 bits per heavy atom. The standard InChI is InChI=1S/C12H15ClFNO/c13-10-6-8(3-4-11(10)14)12(15)7-9-2-1-5-16-9/h3-4,6,9,12H,1-2,5,7,15H2. The molecule has 0 saturated carbocycles. The first kappa shape index (κ1) is 11.8. The minimum Gasteiger partial charge on any atom is -0.378 e. The molecule has 0 radical (unpaired) electrons. The fourth-order valence-electron chi connectivity index (χ4n) is 1.99. The summed E-state index contributed by atoms with van der Waals surface area (Å²) in [5.74, 6) is -0.408. The van der Waals surface area contributed by atoms with Gasteiger partial charge in [0.2, 0.25) is 0 Å². The minimum absolute atomic E-state index is 0.125. The SMILES string of the molecule is NC(CC1CCCO1)c1ccc(F)c(Cl)c1. The third kappa shape index (κ3) is 2.73. The van der Waals surface area contributed by atoms with E-state index in [1.54, 1.807) is 12.1 Å².